The number of rotatable bonds is 7. The minimum absolute atomic E-state index is 0.0420. The Morgan fingerprint density at radius 3 is 2.86 bits per heavy atom. The molecule has 2 amide bonds. The van der Waals surface area contributed by atoms with Gasteiger partial charge in [0.1, 0.15) is 0 Å². The van der Waals surface area contributed by atoms with E-state index in [0.29, 0.717) is 37.3 Å². The summed E-state index contributed by atoms with van der Waals surface area (Å²) in [6.45, 7) is 1.85. The summed E-state index contributed by atoms with van der Waals surface area (Å²) in [5.74, 6) is 0.891. The Balaban J connectivity index is 1.20. The van der Waals surface area contributed by atoms with Crippen LogP contribution in [-0.4, -0.2) is 44.4 Å². The Kier molecular flexibility index (Phi) is 6.00. The summed E-state index contributed by atoms with van der Waals surface area (Å²) in [6.07, 6.45) is 7.59. The SMILES string of the molecule is O=C(NCCCOC1CCCCC1)C1CC(=O)N(c2ccc3c(c2)OCO3)C1. The number of carbonyl (C=O) groups is 2. The van der Waals surface area contributed by atoms with Crippen molar-refractivity contribution in [3.8, 4) is 11.5 Å². The van der Waals surface area contributed by atoms with Crippen LogP contribution in [0.3, 0.4) is 0 Å². The van der Waals surface area contributed by atoms with E-state index in [4.69, 9.17) is 14.2 Å². The molecule has 1 atom stereocenters. The molecular formula is C21H28N2O5. The van der Waals surface area contributed by atoms with Crippen molar-refractivity contribution in [2.75, 3.05) is 31.4 Å². The number of hydrogen-bond donors (Lipinski definition) is 1. The highest BCUT2D eigenvalue weighted by molar-refractivity contribution is 6.00. The van der Waals surface area contributed by atoms with Crippen molar-refractivity contribution in [3.05, 3.63) is 18.2 Å². The van der Waals surface area contributed by atoms with Crippen molar-refractivity contribution in [1.82, 2.24) is 5.32 Å². The van der Waals surface area contributed by atoms with Gasteiger partial charge in [-0.2, -0.15) is 0 Å². The molecule has 2 heterocycles. The van der Waals surface area contributed by atoms with Gasteiger partial charge in [0.25, 0.3) is 0 Å². The highest BCUT2D eigenvalue weighted by atomic mass is 16.7. The molecule has 1 aromatic rings. The lowest BCUT2D eigenvalue weighted by atomic mass is 9.98. The third-order valence-corrected chi connectivity index (χ3v) is 5.69. The second kappa shape index (κ2) is 8.82. The van der Waals surface area contributed by atoms with Crippen LogP contribution in [0.15, 0.2) is 18.2 Å². The minimum Gasteiger partial charge on any atom is -0.454 e. The summed E-state index contributed by atoms with van der Waals surface area (Å²) >= 11 is 0. The average molecular weight is 388 g/mol. The van der Waals surface area contributed by atoms with Gasteiger partial charge in [-0.1, -0.05) is 19.3 Å². The summed E-state index contributed by atoms with van der Waals surface area (Å²) in [7, 11) is 0. The Bertz CT molecular complexity index is 717. The maximum absolute atomic E-state index is 12.4. The summed E-state index contributed by atoms with van der Waals surface area (Å²) in [5, 5.41) is 2.95. The maximum Gasteiger partial charge on any atom is 0.231 e. The molecule has 1 aromatic carbocycles. The molecule has 7 nitrogen and oxygen atoms in total. The van der Waals surface area contributed by atoms with E-state index < -0.39 is 0 Å². The predicted octanol–water partition coefficient (Wildman–Crippen LogP) is 2.62. The van der Waals surface area contributed by atoms with E-state index in [1.54, 1.807) is 17.0 Å². The molecule has 2 aliphatic heterocycles. The van der Waals surface area contributed by atoms with E-state index in [-0.39, 0.29) is 30.9 Å². The molecule has 1 aliphatic carbocycles. The van der Waals surface area contributed by atoms with Crippen LogP contribution in [0.5, 0.6) is 11.5 Å². The maximum atomic E-state index is 12.4. The third-order valence-electron chi connectivity index (χ3n) is 5.69. The molecule has 2 fully saturated rings. The van der Waals surface area contributed by atoms with Gasteiger partial charge >= 0.3 is 0 Å². The fourth-order valence-corrected chi connectivity index (χ4v) is 4.10. The number of fused-ring (bicyclic) bond motifs is 1. The first-order valence-corrected chi connectivity index (χ1v) is 10.3. The molecule has 0 aromatic heterocycles. The number of anilines is 1. The summed E-state index contributed by atoms with van der Waals surface area (Å²) < 4.78 is 16.6. The summed E-state index contributed by atoms with van der Waals surface area (Å²) in [6, 6.07) is 5.42. The van der Waals surface area contributed by atoms with Crippen LogP contribution < -0.4 is 19.7 Å². The Hall–Kier alpha value is -2.28. The van der Waals surface area contributed by atoms with Crippen LogP contribution in [0.4, 0.5) is 5.69 Å². The van der Waals surface area contributed by atoms with Gasteiger partial charge < -0.3 is 24.4 Å². The van der Waals surface area contributed by atoms with Gasteiger partial charge in [0.15, 0.2) is 11.5 Å². The van der Waals surface area contributed by atoms with E-state index in [1.165, 1.54) is 19.3 Å². The van der Waals surface area contributed by atoms with Crippen molar-refractivity contribution >= 4 is 17.5 Å². The van der Waals surface area contributed by atoms with Crippen molar-refractivity contribution < 1.29 is 23.8 Å². The standard InChI is InChI=1S/C21H28N2O5/c24-20-11-15(13-23(20)16-7-8-18-19(12-16)28-14-27-18)21(25)22-9-4-10-26-17-5-2-1-3-6-17/h7-8,12,15,17H,1-6,9-11,13-14H2,(H,22,25). The molecule has 3 aliphatic rings. The van der Waals surface area contributed by atoms with Crippen LogP contribution in [0, 0.1) is 5.92 Å². The Labute approximate surface area is 165 Å². The Morgan fingerprint density at radius 1 is 1.18 bits per heavy atom. The number of benzene rings is 1. The van der Waals surface area contributed by atoms with Crippen LogP contribution in [-0.2, 0) is 14.3 Å². The van der Waals surface area contributed by atoms with Crippen LogP contribution in [0.2, 0.25) is 0 Å². The number of ether oxygens (including phenoxy) is 3. The number of carbonyl (C=O) groups excluding carboxylic acids is 2. The van der Waals surface area contributed by atoms with Crippen LogP contribution in [0.25, 0.3) is 0 Å². The van der Waals surface area contributed by atoms with Gasteiger partial charge in [0.05, 0.1) is 12.0 Å². The fraction of sp³-hybridized carbons (Fsp3) is 0.619. The smallest absolute Gasteiger partial charge is 0.231 e. The van der Waals surface area contributed by atoms with Crippen LogP contribution >= 0.6 is 0 Å². The van der Waals surface area contributed by atoms with Gasteiger partial charge in [-0.3, -0.25) is 9.59 Å². The number of nitrogens with one attached hydrogen (secondary N) is 1. The summed E-state index contributed by atoms with van der Waals surface area (Å²) in [5.41, 5.74) is 0.741. The van der Waals surface area contributed by atoms with E-state index >= 15 is 0 Å². The van der Waals surface area contributed by atoms with Gasteiger partial charge in [0.2, 0.25) is 18.6 Å². The molecule has 0 bridgehead atoms. The normalized spacial score (nSPS) is 21.9. The van der Waals surface area contributed by atoms with E-state index in [0.717, 1.165) is 24.9 Å². The Morgan fingerprint density at radius 2 is 2.00 bits per heavy atom. The minimum atomic E-state index is -0.322. The van der Waals surface area contributed by atoms with Gasteiger partial charge in [-0.15, -0.1) is 0 Å². The van der Waals surface area contributed by atoms with Crippen molar-refractivity contribution in [2.45, 2.75) is 51.0 Å². The zero-order chi connectivity index (χ0) is 19.3. The molecule has 1 N–H and O–H groups in total. The topological polar surface area (TPSA) is 77.1 Å². The monoisotopic (exact) mass is 388 g/mol. The number of nitrogens with zero attached hydrogens (tertiary/aromatic N) is 1. The molecular weight excluding hydrogens is 360 g/mol. The van der Waals surface area contributed by atoms with Crippen molar-refractivity contribution in [3.63, 3.8) is 0 Å². The first kappa shape index (κ1) is 19.1. The lowest BCUT2D eigenvalue weighted by molar-refractivity contribution is -0.126. The number of amides is 2. The fourth-order valence-electron chi connectivity index (χ4n) is 4.10. The molecule has 1 saturated heterocycles. The molecule has 0 spiro atoms. The predicted molar refractivity (Wildman–Crippen MR) is 103 cm³/mol. The lowest BCUT2D eigenvalue weighted by Gasteiger charge is -2.22. The number of hydrogen-bond acceptors (Lipinski definition) is 5. The second-order valence-electron chi connectivity index (χ2n) is 7.72. The molecule has 1 saturated carbocycles. The van der Waals surface area contributed by atoms with Gasteiger partial charge in [-0.25, -0.2) is 0 Å². The zero-order valence-corrected chi connectivity index (χ0v) is 16.2. The second-order valence-corrected chi connectivity index (χ2v) is 7.72. The molecule has 28 heavy (non-hydrogen) atoms. The largest absolute Gasteiger partial charge is 0.454 e. The van der Waals surface area contributed by atoms with E-state index in [2.05, 4.69) is 5.32 Å². The lowest BCUT2D eigenvalue weighted by Crippen LogP contribution is -2.34. The third kappa shape index (κ3) is 4.41. The molecule has 152 valence electrons. The van der Waals surface area contributed by atoms with Crippen molar-refractivity contribution in [2.24, 2.45) is 5.92 Å². The van der Waals surface area contributed by atoms with E-state index in [1.807, 2.05) is 6.07 Å². The molecule has 4 rings (SSSR count). The molecule has 1 unspecified atom stereocenters. The average Bonchev–Trinajstić information content (AvgIpc) is 3.34. The molecule has 7 heteroatoms. The molecule has 0 radical (unpaired) electrons. The zero-order valence-electron chi connectivity index (χ0n) is 16.2. The van der Waals surface area contributed by atoms with Crippen molar-refractivity contribution in [1.29, 1.82) is 0 Å². The van der Waals surface area contributed by atoms with Gasteiger partial charge in [-0.05, 0) is 31.4 Å². The first-order chi connectivity index (χ1) is 13.7. The highest BCUT2D eigenvalue weighted by Gasteiger charge is 2.35. The highest BCUT2D eigenvalue weighted by Crippen LogP contribution is 2.37. The quantitative estimate of drug-likeness (QED) is 0.727. The first-order valence-electron chi connectivity index (χ1n) is 10.3. The van der Waals surface area contributed by atoms with E-state index in [9.17, 15) is 9.59 Å². The summed E-state index contributed by atoms with van der Waals surface area (Å²) in [4.78, 5) is 26.5. The van der Waals surface area contributed by atoms with Gasteiger partial charge in [0, 0.05) is 37.9 Å². The van der Waals surface area contributed by atoms with Crippen LogP contribution in [0.1, 0.15) is 44.9 Å².